The van der Waals surface area contributed by atoms with Gasteiger partial charge in [-0.05, 0) is 13.8 Å². The first-order chi connectivity index (χ1) is 8.29. The zero-order valence-corrected chi connectivity index (χ0v) is 10.7. The maximum atomic E-state index is 12.0. The molecule has 3 N–H and O–H groups in total. The van der Waals surface area contributed by atoms with Crippen molar-refractivity contribution < 1.29 is 18.3 Å². The van der Waals surface area contributed by atoms with Crippen LogP contribution in [0.3, 0.4) is 0 Å². The lowest BCUT2D eigenvalue weighted by molar-refractivity contribution is 0.0686. The fourth-order valence-electron chi connectivity index (χ4n) is 1.43. The molecule has 0 aromatic carbocycles. The summed E-state index contributed by atoms with van der Waals surface area (Å²) in [5, 5.41) is 14.7. The third-order valence-corrected chi connectivity index (χ3v) is 3.89. The van der Waals surface area contributed by atoms with Crippen molar-refractivity contribution in [1.29, 1.82) is 0 Å². The highest BCUT2D eigenvalue weighted by atomic mass is 32.2. The summed E-state index contributed by atoms with van der Waals surface area (Å²) in [7, 11) is -3.96. The summed E-state index contributed by atoms with van der Waals surface area (Å²) in [6.07, 6.45) is 5.28. The monoisotopic (exact) mass is 271 g/mol. The van der Waals surface area contributed by atoms with Crippen LogP contribution in [0.25, 0.3) is 0 Å². The van der Waals surface area contributed by atoms with E-state index >= 15 is 0 Å². The van der Waals surface area contributed by atoms with Crippen LogP contribution in [-0.2, 0) is 10.0 Å². The first kappa shape index (κ1) is 14.2. The highest BCUT2D eigenvalue weighted by Gasteiger charge is 2.29. The minimum absolute atomic E-state index is 0.160. The molecule has 8 heteroatoms. The van der Waals surface area contributed by atoms with E-state index in [2.05, 4.69) is 20.8 Å². The Hall–Kier alpha value is -1.85. The molecule has 98 valence electrons. The maximum absolute atomic E-state index is 12.0. The van der Waals surface area contributed by atoms with Gasteiger partial charge in [0, 0.05) is 12.5 Å². The summed E-state index contributed by atoms with van der Waals surface area (Å²) < 4.78 is 26.3. The molecule has 0 fully saturated rings. The Labute approximate surface area is 105 Å². The minimum atomic E-state index is -3.96. The number of aromatic nitrogens is 2. The Bertz CT molecular complexity index is 597. The van der Waals surface area contributed by atoms with Crippen molar-refractivity contribution in [2.24, 2.45) is 0 Å². The summed E-state index contributed by atoms with van der Waals surface area (Å²) in [4.78, 5) is 10.5. The molecule has 1 aromatic rings. The topological polar surface area (TPSA) is 112 Å². The smallest absolute Gasteiger partial charge is 0.357 e. The number of hydrogen-bond donors (Lipinski definition) is 3. The molecule has 18 heavy (non-hydrogen) atoms. The van der Waals surface area contributed by atoms with Crippen molar-refractivity contribution in [3.63, 3.8) is 0 Å². The normalized spacial score (nSPS) is 12.9. The first-order valence-corrected chi connectivity index (χ1v) is 6.52. The predicted molar refractivity (Wildman–Crippen MR) is 63.5 cm³/mol. The van der Waals surface area contributed by atoms with Gasteiger partial charge in [0.05, 0.1) is 5.69 Å². The van der Waals surface area contributed by atoms with Crippen LogP contribution in [0.5, 0.6) is 0 Å². The van der Waals surface area contributed by atoms with Crippen molar-refractivity contribution in [3.8, 4) is 12.3 Å². The van der Waals surface area contributed by atoms with Gasteiger partial charge >= 0.3 is 5.97 Å². The number of carbonyl (C=O) groups is 1. The van der Waals surface area contributed by atoms with Crippen LogP contribution in [0.1, 0.15) is 29.5 Å². The lowest BCUT2D eigenvalue weighted by Gasteiger charge is -2.11. The highest BCUT2D eigenvalue weighted by molar-refractivity contribution is 7.89. The number of hydrogen-bond acceptors (Lipinski definition) is 4. The van der Waals surface area contributed by atoms with Gasteiger partial charge in [-0.15, -0.1) is 12.3 Å². The van der Waals surface area contributed by atoms with Crippen molar-refractivity contribution in [3.05, 3.63) is 11.4 Å². The summed E-state index contributed by atoms with van der Waals surface area (Å²) in [6, 6.07) is -0.490. The number of rotatable bonds is 5. The summed E-state index contributed by atoms with van der Waals surface area (Å²) >= 11 is 0. The first-order valence-electron chi connectivity index (χ1n) is 5.03. The van der Waals surface area contributed by atoms with Gasteiger partial charge in [-0.2, -0.15) is 5.10 Å². The fraction of sp³-hybridized carbons (Fsp3) is 0.400. The molecule has 0 aliphatic heterocycles. The predicted octanol–water partition coefficient (Wildman–Crippen LogP) is 0.106. The highest BCUT2D eigenvalue weighted by Crippen LogP contribution is 2.18. The zero-order chi connectivity index (χ0) is 13.9. The van der Waals surface area contributed by atoms with Crippen molar-refractivity contribution in [2.45, 2.75) is 31.2 Å². The number of nitrogens with zero attached hydrogens (tertiary/aromatic N) is 1. The van der Waals surface area contributed by atoms with Crippen molar-refractivity contribution >= 4 is 16.0 Å². The number of aryl methyl sites for hydroxylation is 1. The Morgan fingerprint density at radius 2 is 2.28 bits per heavy atom. The standard InChI is InChI=1S/C10H13N3O4S/c1-4-5-6(2)13-18(16,17)9-7(3)11-12-8(9)10(14)15/h1,6,13H,5H2,2-3H3,(H,11,12)(H,14,15). The molecule has 1 unspecified atom stereocenters. The van der Waals surface area contributed by atoms with Gasteiger partial charge in [-0.25, -0.2) is 17.9 Å². The molecular weight excluding hydrogens is 258 g/mol. The number of terminal acetylenes is 1. The van der Waals surface area contributed by atoms with Gasteiger partial charge in [0.25, 0.3) is 0 Å². The average molecular weight is 271 g/mol. The minimum Gasteiger partial charge on any atom is -0.476 e. The van der Waals surface area contributed by atoms with E-state index in [1.165, 1.54) is 6.92 Å². The van der Waals surface area contributed by atoms with Crippen LogP contribution >= 0.6 is 0 Å². The Kier molecular flexibility index (Phi) is 4.11. The van der Waals surface area contributed by atoms with Gasteiger partial charge in [0.15, 0.2) is 5.69 Å². The van der Waals surface area contributed by atoms with Gasteiger partial charge in [-0.1, -0.05) is 0 Å². The number of aromatic amines is 1. The lowest BCUT2D eigenvalue weighted by Crippen LogP contribution is -2.33. The number of nitrogens with one attached hydrogen (secondary N) is 2. The van der Waals surface area contributed by atoms with Crippen LogP contribution in [0.2, 0.25) is 0 Å². The Morgan fingerprint density at radius 1 is 1.67 bits per heavy atom. The maximum Gasteiger partial charge on any atom is 0.357 e. The molecule has 0 bridgehead atoms. The van der Waals surface area contributed by atoms with Crippen LogP contribution in [0, 0.1) is 19.3 Å². The molecule has 1 aromatic heterocycles. The molecule has 1 atom stereocenters. The van der Waals surface area contributed by atoms with Crippen LogP contribution in [0.4, 0.5) is 0 Å². The molecule has 0 saturated carbocycles. The third kappa shape index (κ3) is 2.88. The summed E-state index contributed by atoms with van der Waals surface area (Å²) in [5.41, 5.74) is -0.374. The molecule has 0 amide bonds. The van der Waals surface area contributed by atoms with E-state index in [0.29, 0.717) is 0 Å². The Morgan fingerprint density at radius 3 is 2.78 bits per heavy atom. The second-order valence-electron chi connectivity index (χ2n) is 3.76. The molecule has 7 nitrogen and oxygen atoms in total. The number of carboxylic acid groups (broad SMARTS) is 1. The number of aromatic carboxylic acids is 1. The molecule has 0 saturated heterocycles. The van der Waals surface area contributed by atoms with Gasteiger partial charge in [0.1, 0.15) is 4.90 Å². The van der Waals surface area contributed by atoms with Gasteiger partial charge in [-0.3, -0.25) is 5.10 Å². The summed E-state index contributed by atoms with van der Waals surface area (Å²) in [6.45, 7) is 3.02. The second-order valence-corrected chi connectivity index (χ2v) is 5.41. The molecule has 0 spiro atoms. The van der Waals surface area contributed by atoms with E-state index in [9.17, 15) is 13.2 Å². The molecule has 1 rings (SSSR count). The molecular formula is C10H13N3O4S. The zero-order valence-electron chi connectivity index (χ0n) is 9.89. The molecule has 1 heterocycles. The molecule has 0 aliphatic rings. The van der Waals surface area contributed by atoms with E-state index in [1.54, 1.807) is 6.92 Å². The second kappa shape index (κ2) is 5.20. The van der Waals surface area contributed by atoms with Gasteiger partial charge < -0.3 is 5.11 Å². The number of carboxylic acids is 1. The third-order valence-electron chi connectivity index (χ3n) is 2.14. The molecule has 0 aliphatic carbocycles. The van der Waals surface area contributed by atoms with Crippen LogP contribution in [0.15, 0.2) is 4.90 Å². The van der Waals surface area contributed by atoms with Gasteiger partial charge in [0.2, 0.25) is 10.0 Å². The van der Waals surface area contributed by atoms with Crippen molar-refractivity contribution in [1.82, 2.24) is 14.9 Å². The SMILES string of the molecule is C#CCC(C)NS(=O)(=O)c1c(C(=O)O)n[nH]c1C. The van der Waals surface area contributed by atoms with Crippen LogP contribution < -0.4 is 4.72 Å². The number of H-pyrrole nitrogens is 1. The number of sulfonamides is 1. The van der Waals surface area contributed by atoms with E-state index in [-0.39, 0.29) is 17.0 Å². The largest absolute Gasteiger partial charge is 0.476 e. The summed E-state index contributed by atoms with van der Waals surface area (Å²) in [5.74, 6) is 0.908. The fourth-order valence-corrected chi connectivity index (χ4v) is 3.00. The van der Waals surface area contributed by atoms with Crippen LogP contribution in [-0.4, -0.2) is 35.7 Å². The van der Waals surface area contributed by atoms with E-state index in [4.69, 9.17) is 11.5 Å². The molecule has 0 radical (unpaired) electrons. The average Bonchev–Trinajstić information content (AvgIpc) is 2.60. The van der Waals surface area contributed by atoms with E-state index < -0.39 is 27.7 Å². The van der Waals surface area contributed by atoms with Crippen molar-refractivity contribution in [2.75, 3.05) is 0 Å². The Balaban J connectivity index is 3.17. The lowest BCUT2D eigenvalue weighted by atomic mass is 10.3. The van der Waals surface area contributed by atoms with E-state index in [0.717, 1.165) is 0 Å². The van der Waals surface area contributed by atoms with E-state index in [1.807, 2.05) is 0 Å². The quantitative estimate of drug-likeness (QED) is 0.658.